The molecule has 1 aliphatic carbocycles. The van der Waals surface area contributed by atoms with Crippen molar-refractivity contribution < 1.29 is 0 Å². The molecule has 2 aromatic heterocycles. The minimum Gasteiger partial charge on any atom is -0.370 e. The molecule has 1 aliphatic heterocycles. The van der Waals surface area contributed by atoms with Crippen molar-refractivity contribution in [3.63, 3.8) is 0 Å². The number of pyridine rings is 1. The zero-order chi connectivity index (χ0) is 22.9. The zero-order valence-electron chi connectivity index (χ0n) is 19.2. The molecule has 1 N–H and O–H groups in total. The van der Waals surface area contributed by atoms with Gasteiger partial charge in [0, 0.05) is 48.1 Å². The molecule has 0 radical (unpaired) electrons. The van der Waals surface area contributed by atoms with E-state index in [1.54, 1.807) is 16.8 Å². The maximum atomic E-state index is 13.0. The van der Waals surface area contributed by atoms with Gasteiger partial charge in [0.15, 0.2) is 0 Å². The molecule has 5 rings (SSSR count). The number of anilines is 3. The first-order valence-corrected chi connectivity index (χ1v) is 11.6. The van der Waals surface area contributed by atoms with E-state index in [0.717, 1.165) is 44.5 Å². The molecule has 170 valence electrons. The van der Waals surface area contributed by atoms with Gasteiger partial charge in [0.1, 0.15) is 17.3 Å². The van der Waals surface area contributed by atoms with Crippen molar-refractivity contribution in [3.8, 4) is 6.07 Å². The van der Waals surface area contributed by atoms with E-state index in [4.69, 9.17) is 4.98 Å². The van der Waals surface area contributed by atoms with Crippen LogP contribution in [0.4, 0.5) is 17.3 Å². The highest BCUT2D eigenvalue weighted by Crippen LogP contribution is 2.31. The standard InChI is InChI=1S/C25H29N7O/c1-30(2)22-11-12-31(16-22)20-9-7-19(8-10-20)28-25-27-15-18-13-17(14-26)24(33)32(23(18)29-25)21-5-3-4-6-21/h7-10,13,15,21-22H,3-6,11-12,16H2,1-2H3,(H,27,28,29). The van der Waals surface area contributed by atoms with Crippen molar-refractivity contribution in [2.75, 3.05) is 37.4 Å². The van der Waals surface area contributed by atoms with Crippen LogP contribution in [-0.2, 0) is 0 Å². The summed E-state index contributed by atoms with van der Waals surface area (Å²) in [6.45, 7) is 2.10. The first-order chi connectivity index (χ1) is 16.0. The molecule has 2 aliphatic rings. The summed E-state index contributed by atoms with van der Waals surface area (Å²) in [6, 6.07) is 12.6. The number of nitriles is 1. The molecule has 3 heterocycles. The first kappa shape index (κ1) is 21.4. The van der Waals surface area contributed by atoms with Gasteiger partial charge in [0.05, 0.1) is 0 Å². The number of rotatable bonds is 5. The largest absolute Gasteiger partial charge is 0.370 e. The average molecular weight is 444 g/mol. The minimum absolute atomic E-state index is 0.0850. The maximum absolute atomic E-state index is 13.0. The van der Waals surface area contributed by atoms with Crippen LogP contribution >= 0.6 is 0 Å². The van der Waals surface area contributed by atoms with Gasteiger partial charge < -0.3 is 15.1 Å². The predicted octanol–water partition coefficient (Wildman–Crippen LogP) is 3.66. The van der Waals surface area contributed by atoms with Crippen molar-refractivity contribution in [1.29, 1.82) is 5.26 Å². The third kappa shape index (κ3) is 4.16. The highest BCUT2D eigenvalue weighted by molar-refractivity contribution is 5.77. The van der Waals surface area contributed by atoms with E-state index in [1.165, 1.54) is 12.1 Å². The molecule has 33 heavy (non-hydrogen) atoms. The Hall–Kier alpha value is -3.44. The summed E-state index contributed by atoms with van der Waals surface area (Å²) < 4.78 is 1.71. The number of likely N-dealkylation sites (N-methyl/N-ethyl adjacent to an activating group) is 1. The van der Waals surface area contributed by atoms with E-state index < -0.39 is 0 Å². The number of fused-ring (bicyclic) bond motifs is 1. The van der Waals surface area contributed by atoms with E-state index in [9.17, 15) is 10.1 Å². The van der Waals surface area contributed by atoms with E-state index in [0.29, 0.717) is 23.0 Å². The molecule has 1 unspecified atom stereocenters. The van der Waals surface area contributed by atoms with Gasteiger partial charge >= 0.3 is 0 Å². The van der Waals surface area contributed by atoms with Gasteiger partial charge in [-0.05, 0) is 63.7 Å². The van der Waals surface area contributed by atoms with Crippen LogP contribution in [0.15, 0.2) is 41.3 Å². The summed E-state index contributed by atoms with van der Waals surface area (Å²) in [5, 5.41) is 13.4. The van der Waals surface area contributed by atoms with E-state index >= 15 is 0 Å². The SMILES string of the molecule is CN(C)C1CCN(c2ccc(Nc3ncc4cc(C#N)c(=O)n(C5CCCC5)c4n3)cc2)C1. The lowest BCUT2D eigenvalue weighted by molar-refractivity contribution is 0.315. The summed E-state index contributed by atoms with van der Waals surface area (Å²) in [4.78, 5) is 26.8. The molecule has 1 atom stereocenters. The average Bonchev–Trinajstić information content (AvgIpc) is 3.52. The second kappa shape index (κ2) is 8.83. The lowest BCUT2D eigenvalue weighted by Crippen LogP contribution is -2.31. The van der Waals surface area contributed by atoms with Gasteiger partial charge in [-0.25, -0.2) is 4.98 Å². The Morgan fingerprint density at radius 1 is 1.15 bits per heavy atom. The van der Waals surface area contributed by atoms with E-state index in [1.807, 2.05) is 18.2 Å². The summed E-state index contributed by atoms with van der Waals surface area (Å²) in [7, 11) is 4.27. The van der Waals surface area contributed by atoms with Gasteiger partial charge in [-0.2, -0.15) is 10.2 Å². The van der Waals surface area contributed by atoms with Crippen molar-refractivity contribution >= 4 is 28.4 Å². The molecule has 0 amide bonds. The lowest BCUT2D eigenvalue weighted by atomic mass is 10.2. The summed E-state index contributed by atoms with van der Waals surface area (Å²) in [5.74, 6) is 0.444. The second-order valence-corrected chi connectivity index (χ2v) is 9.28. The van der Waals surface area contributed by atoms with Crippen molar-refractivity contribution in [1.82, 2.24) is 19.4 Å². The van der Waals surface area contributed by atoms with E-state index in [2.05, 4.69) is 46.3 Å². The number of nitrogens with one attached hydrogen (secondary N) is 1. The van der Waals surface area contributed by atoms with Gasteiger partial charge in [-0.15, -0.1) is 0 Å². The Kier molecular flexibility index (Phi) is 5.73. The van der Waals surface area contributed by atoms with Crippen LogP contribution in [0, 0.1) is 11.3 Å². The van der Waals surface area contributed by atoms with Crippen LogP contribution in [0.25, 0.3) is 11.0 Å². The monoisotopic (exact) mass is 443 g/mol. The van der Waals surface area contributed by atoms with Crippen LogP contribution < -0.4 is 15.8 Å². The molecule has 8 heteroatoms. The molecule has 3 aromatic rings. The fraction of sp³-hybridized carbons (Fsp3) is 0.440. The third-order valence-electron chi connectivity index (χ3n) is 6.97. The van der Waals surface area contributed by atoms with Crippen LogP contribution in [0.2, 0.25) is 0 Å². The molecule has 1 saturated carbocycles. The fourth-order valence-corrected chi connectivity index (χ4v) is 5.04. The van der Waals surface area contributed by atoms with Crippen molar-refractivity contribution in [2.45, 2.75) is 44.2 Å². The Morgan fingerprint density at radius 3 is 2.58 bits per heavy atom. The smallest absolute Gasteiger partial charge is 0.270 e. The first-order valence-electron chi connectivity index (χ1n) is 11.6. The molecule has 2 fully saturated rings. The van der Waals surface area contributed by atoms with Gasteiger partial charge in [-0.1, -0.05) is 12.8 Å². The van der Waals surface area contributed by atoms with Crippen LogP contribution in [0.3, 0.4) is 0 Å². The number of aromatic nitrogens is 3. The summed E-state index contributed by atoms with van der Waals surface area (Å²) in [6.07, 6.45) is 6.91. The molecular formula is C25H29N7O. The fourth-order valence-electron chi connectivity index (χ4n) is 5.04. The van der Waals surface area contributed by atoms with Crippen molar-refractivity contribution in [3.05, 3.63) is 52.4 Å². The number of hydrogen-bond donors (Lipinski definition) is 1. The topological polar surface area (TPSA) is 90.1 Å². The minimum atomic E-state index is -0.257. The summed E-state index contributed by atoms with van der Waals surface area (Å²) >= 11 is 0. The zero-order valence-corrected chi connectivity index (χ0v) is 19.2. The molecular weight excluding hydrogens is 414 g/mol. The Morgan fingerprint density at radius 2 is 1.91 bits per heavy atom. The quantitative estimate of drug-likeness (QED) is 0.643. The number of benzene rings is 1. The summed E-state index contributed by atoms with van der Waals surface area (Å²) in [5.41, 5.74) is 2.58. The molecule has 0 bridgehead atoms. The highest BCUT2D eigenvalue weighted by atomic mass is 16.1. The van der Waals surface area contributed by atoms with Gasteiger partial charge in [-0.3, -0.25) is 9.36 Å². The number of hydrogen-bond acceptors (Lipinski definition) is 7. The molecule has 0 spiro atoms. The Balaban J connectivity index is 1.41. The second-order valence-electron chi connectivity index (χ2n) is 9.28. The maximum Gasteiger partial charge on any atom is 0.270 e. The van der Waals surface area contributed by atoms with Crippen molar-refractivity contribution in [2.24, 2.45) is 0 Å². The molecule has 8 nitrogen and oxygen atoms in total. The van der Waals surface area contributed by atoms with Gasteiger partial charge in [0.25, 0.3) is 5.56 Å². The third-order valence-corrected chi connectivity index (χ3v) is 6.97. The Bertz CT molecular complexity index is 1250. The van der Waals surface area contributed by atoms with Crippen LogP contribution in [0.1, 0.15) is 43.7 Å². The molecule has 1 aromatic carbocycles. The number of nitrogens with zero attached hydrogens (tertiary/aromatic N) is 6. The highest BCUT2D eigenvalue weighted by Gasteiger charge is 2.24. The lowest BCUT2D eigenvalue weighted by Gasteiger charge is -2.22. The molecule has 1 saturated heterocycles. The van der Waals surface area contributed by atoms with Crippen LogP contribution in [-0.4, -0.2) is 52.7 Å². The van der Waals surface area contributed by atoms with E-state index in [-0.39, 0.29) is 17.2 Å². The normalized spacial score (nSPS) is 18.8. The Labute approximate surface area is 193 Å². The predicted molar refractivity (Wildman–Crippen MR) is 130 cm³/mol. The van der Waals surface area contributed by atoms with Gasteiger partial charge in [0.2, 0.25) is 5.95 Å². The van der Waals surface area contributed by atoms with Crippen LogP contribution in [0.5, 0.6) is 0 Å².